The van der Waals surface area contributed by atoms with Gasteiger partial charge in [0.2, 0.25) is 0 Å². The van der Waals surface area contributed by atoms with Crippen LogP contribution in [-0.2, 0) is 11.3 Å². The van der Waals surface area contributed by atoms with Gasteiger partial charge < -0.3 is 19.6 Å². The van der Waals surface area contributed by atoms with E-state index in [0.717, 1.165) is 11.7 Å². The van der Waals surface area contributed by atoms with Crippen LogP contribution in [0.15, 0.2) is 22.8 Å². The maximum absolute atomic E-state index is 9.96. The van der Waals surface area contributed by atoms with Gasteiger partial charge in [0.25, 0.3) is 0 Å². The van der Waals surface area contributed by atoms with Crippen LogP contribution >= 0.6 is 0 Å². The fourth-order valence-electron chi connectivity index (χ4n) is 3.05. The van der Waals surface area contributed by atoms with Crippen molar-refractivity contribution in [3.05, 3.63) is 24.2 Å². The molecule has 0 aliphatic heterocycles. The molecule has 2 N–H and O–H groups in total. The molecule has 1 heterocycles. The molecule has 4 nitrogen and oxygen atoms in total. The third-order valence-corrected chi connectivity index (χ3v) is 4.42. The van der Waals surface area contributed by atoms with Gasteiger partial charge in [0, 0.05) is 12.6 Å². The number of aliphatic hydroxyl groups excluding tert-OH is 1. The smallest absolute Gasteiger partial charge is 0.129 e. The summed E-state index contributed by atoms with van der Waals surface area (Å²) < 4.78 is 10.6. The summed E-state index contributed by atoms with van der Waals surface area (Å²) in [6, 6.07) is 4.19. The highest BCUT2D eigenvalue weighted by atomic mass is 16.5. The second kappa shape index (κ2) is 9.23. The van der Waals surface area contributed by atoms with E-state index < -0.39 is 6.10 Å². The Hall–Kier alpha value is -0.840. The summed E-state index contributed by atoms with van der Waals surface area (Å²) in [4.78, 5) is 0. The highest BCUT2D eigenvalue weighted by Gasteiger charge is 2.19. The molecule has 4 heteroatoms. The second-order valence-electron chi connectivity index (χ2n) is 6.20. The predicted molar refractivity (Wildman–Crippen MR) is 83.0 cm³/mol. The average Bonchev–Trinajstić information content (AvgIpc) is 2.85. The summed E-state index contributed by atoms with van der Waals surface area (Å²) in [7, 11) is 0. The third-order valence-electron chi connectivity index (χ3n) is 4.42. The summed E-state index contributed by atoms with van der Waals surface area (Å²) in [6.07, 6.45) is 9.27. The zero-order chi connectivity index (χ0) is 14.9. The minimum Gasteiger partial charge on any atom is -0.467 e. The number of hydrogen-bond acceptors (Lipinski definition) is 4. The molecule has 0 spiro atoms. The van der Waals surface area contributed by atoms with Crippen molar-refractivity contribution < 1.29 is 14.3 Å². The van der Waals surface area contributed by atoms with E-state index in [0.29, 0.717) is 25.8 Å². The van der Waals surface area contributed by atoms with Gasteiger partial charge in [-0.2, -0.15) is 0 Å². The van der Waals surface area contributed by atoms with Crippen molar-refractivity contribution in [2.75, 3.05) is 13.2 Å². The van der Waals surface area contributed by atoms with Gasteiger partial charge in [-0.15, -0.1) is 0 Å². The Kier molecular flexibility index (Phi) is 7.27. The first kappa shape index (κ1) is 16.5. The normalized spacial score (nSPS) is 20.1. The van der Waals surface area contributed by atoms with Crippen LogP contribution in [0.1, 0.15) is 51.2 Å². The molecular weight excluding hydrogens is 266 g/mol. The minimum atomic E-state index is -0.465. The molecule has 1 fully saturated rings. The number of aliphatic hydroxyl groups is 1. The number of hydrogen-bond donors (Lipinski definition) is 2. The first-order chi connectivity index (χ1) is 10.3. The van der Waals surface area contributed by atoms with E-state index in [1.807, 2.05) is 12.1 Å². The van der Waals surface area contributed by atoms with Crippen molar-refractivity contribution in [1.29, 1.82) is 0 Å². The first-order valence-electron chi connectivity index (χ1n) is 8.27. The molecule has 0 radical (unpaired) electrons. The largest absolute Gasteiger partial charge is 0.467 e. The van der Waals surface area contributed by atoms with Gasteiger partial charge in [0.1, 0.15) is 12.4 Å². The molecule has 1 unspecified atom stereocenters. The molecule has 1 aromatic heterocycles. The van der Waals surface area contributed by atoms with Crippen LogP contribution in [-0.4, -0.2) is 30.4 Å². The fraction of sp³-hybridized carbons (Fsp3) is 0.765. The second-order valence-corrected chi connectivity index (χ2v) is 6.20. The lowest BCUT2D eigenvalue weighted by Crippen LogP contribution is -2.39. The van der Waals surface area contributed by atoms with E-state index in [4.69, 9.17) is 9.15 Å². The zero-order valence-corrected chi connectivity index (χ0v) is 13.1. The number of ether oxygens (including phenoxy) is 1. The number of nitrogens with one attached hydrogen (secondary N) is 1. The fourth-order valence-corrected chi connectivity index (χ4v) is 3.05. The van der Waals surface area contributed by atoms with Gasteiger partial charge in [-0.3, -0.25) is 0 Å². The van der Waals surface area contributed by atoms with Crippen LogP contribution in [0.3, 0.4) is 0 Å². The topological polar surface area (TPSA) is 54.6 Å². The van der Waals surface area contributed by atoms with Crippen LogP contribution < -0.4 is 5.32 Å². The lowest BCUT2D eigenvalue weighted by molar-refractivity contribution is 0.0208. The van der Waals surface area contributed by atoms with Crippen LogP contribution in [0, 0.1) is 5.92 Å². The van der Waals surface area contributed by atoms with Crippen molar-refractivity contribution in [3.8, 4) is 0 Å². The quantitative estimate of drug-likeness (QED) is 0.724. The highest BCUT2D eigenvalue weighted by molar-refractivity contribution is 4.96. The highest BCUT2D eigenvalue weighted by Crippen LogP contribution is 2.25. The number of rotatable bonds is 8. The van der Waals surface area contributed by atoms with E-state index in [2.05, 4.69) is 12.2 Å². The molecular formula is C17H29NO3. The van der Waals surface area contributed by atoms with Gasteiger partial charge in [0.05, 0.1) is 19.0 Å². The van der Waals surface area contributed by atoms with E-state index in [1.165, 1.54) is 38.5 Å². The molecule has 1 aliphatic carbocycles. The minimum absolute atomic E-state index is 0.338. The summed E-state index contributed by atoms with van der Waals surface area (Å²) in [6.45, 7) is 3.59. The molecule has 21 heavy (non-hydrogen) atoms. The maximum atomic E-state index is 9.96. The molecule has 1 aliphatic rings. The van der Waals surface area contributed by atoms with Gasteiger partial charge in [-0.05, 0) is 37.8 Å². The summed E-state index contributed by atoms with van der Waals surface area (Å²) in [5.41, 5.74) is 0. The lowest BCUT2D eigenvalue weighted by atomic mass is 9.93. The monoisotopic (exact) mass is 295 g/mol. The van der Waals surface area contributed by atoms with Crippen LogP contribution in [0.2, 0.25) is 0 Å². The Balaban J connectivity index is 1.57. The molecule has 0 aromatic carbocycles. The Morgan fingerprint density at radius 1 is 1.33 bits per heavy atom. The molecule has 0 amide bonds. The van der Waals surface area contributed by atoms with Crippen molar-refractivity contribution in [1.82, 2.24) is 5.32 Å². The Morgan fingerprint density at radius 3 is 2.76 bits per heavy atom. The lowest BCUT2D eigenvalue weighted by Gasteiger charge is -2.25. The van der Waals surface area contributed by atoms with Gasteiger partial charge in [-0.1, -0.05) is 25.7 Å². The molecule has 120 valence electrons. The van der Waals surface area contributed by atoms with Crippen molar-refractivity contribution in [2.24, 2.45) is 5.92 Å². The zero-order valence-electron chi connectivity index (χ0n) is 13.1. The molecule has 2 rings (SSSR count). The van der Waals surface area contributed by atoms with E-state index in [9.17, 15) is 5.11 Å². The van der Waals surface area contributed by atoms with Gasteiger partial charge in [0.15, 0.2) is 0 Å². The molecule has 1 saturated carbocycles. The summed E-state index contributed by atoms with van der Waals surface area (Å²) >= 11 is 0. The predicted octanol–water partition coefficient (Wildman–Crippen LogP) is 3.11. The maximum Gasteiger partial charge on any atom is 0.129 e. The Bertz CT molecular complexity index is 358. The van der Waals surface area contributed by atoms with E-state index in [-0.39, 0.29) is 0 Å². The van der Waals surface area contributed by atoms with Crippen LogP contribution in [0.4, 0.5) is 0 Å². The summed E-state index contributed by atoms with van der Waals surface area (Å²) in [5, 5.41) is 13.4. The van der Waals surface area contributed by atoms with Crippen LogP contribution in [0.5, 0.6) is 0 Å². The molecule has 0 saturated heterocycles. The molecule has 2 atom stereocenters. The number of furan rings is 1. The van der Waals surface area contributed by atoms with Gasteiger partial charge in [-0.25, -0.2) is 0 Å². The SMILES string of the molecule is C[C@@H](NCC(O)COCc1ccco1)C1CCCCCC1. The van der Waals surface area contributed by atoms with Crippen molar-refractivity contribution in [3.63, 3.8) is 0 Å². The summed E-state index contributed by atoms with van der Waals surface area (Å²) in [5.74, 6) is 1.55. The Morgan fingerprint density at radius 2 is 2.10 bits per heavy atom. The standard InChI is InChI=1S/C17H29NO3/c1-14(15-7-4-2-3-5-8-15)18-11-16(19)12-20-13-17-9-6-10-21-17/h6,9-10,14-16,18-19H,2-5,7-8,11-13H2,1H3/t14-,16?/m1/s1. The van der Waals surface area contributed by atoms with Crippen molar-refractivity contribution >= 4 is 0 Å². The average molecular weight is 295 g/mol. The van der Waals surface area contributed by atoms with E-state index >= 15 is 0 Å². The third kappa shape index (κ3) is 6.20. The molecule has 1 aromatic rings. The van der Waals surface area contributed by atoms with Crippen molar-refractivity contribution in [2.45, 2.75) is 64.2 Å². The first-order valence-corrected chi connectivity index (χ1v) is 8.27. The molecule has 0 bridgehead atoms. The van der Waals surface area contributed by atoms with E-state index in [1.54, 1.807) is 6.26 Å². The van der Waals surface area contributed by atoms with Crippen LogP contribution in [0.25, 0.3) is 0 Å². The van der Waals surface area contributed by atoms with Gasteiger partial charge >= 0.3 is 0 Å². The Labute approximate surface area is 127 Å².